The molecule has 0 aliphatic rings. The molecule has 0 fully saturated rings. The van der Waals surface area contributed by atoms with Crippen molar-refractivity contribution in [2.45, 2.75) is 32.2 Å². The van der Waals surface area contributed by atoms with Crippen LogP contribution in [0.1, 0.15) is 48.3 Å². The number of nitrogens with two attached hydrogens (primary N) is 1. The van der Waals surface area contributed by atoms with E-state index < -0.39 is 6.04 Å². The topological polar surface area (TPSA) is 43.1 Å². The Labute approximate surface area is 120 Å². The van der Waals surface area contributed by atoms with Crippen molar-refractivity contribution in [2.24, 2.45) is 5.73 Å². The fraction of sp³-hybridized carbons (Fsp3) is 0.278. The molecule has 20 heavy (non-hydrogen) atoms. The molecule has 2 N–H and O–H groups in total. The molecule has 2 rings (SSSR count). The summed E-state index contributed by atoms with van der Waals surface area (Å²) in [5.74, 6) is -0.0448. The lowest BCUT2D eigenvalue weighted by atomic mass is 9.86. The van der Waals surface area contributed by atoms with Gasteiger partial charge in [0.15, 0.2) is 5.78 Å². The quantitative estimate of drug-likeness (QED) is 0.858. The molecule has 0 aliphatic heterocycles. The van der Waals surface area contributed by atoms with Gasteiger partial charge in [-0.25, -0.2) is 0 Å². The van der Waals surface area contributed by atoms with Crippen LogP contribution in [0, 0.1) is 0 Å². The van der Waals surface area contributed by atoms with Crippen molar-refractivity contribution in [2.75, 3.05) is 0 Å². The zero-order valence-electron chi connectivity index (χ0n) is 12.3. The summed E-state index contributed by atoms with van der Waals surface area (Å²) in [6.45, 7) is 6.46. The monoisotopic (exact) mass is 267 g/mol. The lowest BCUT2D eigenvalue weighted by Gasteiger charge is -2.19. The minimum Gasteiger partial charge on any atom is -0.318 e. The second-order valence-corrected chi connectivity index (χ2v) is 6.08. The van der Waals surface area contributed by atoms with E-state index >= 15 is 0 Å². The third-order valence-corrected chi connectivity index (χ3v) is 3.48. The molecule has 2 aromatic rings. The summed E-state index contributed by atoms with van der Waals surface area (Å²) in [7, 11) is 0. The van der Waals surface area contributed by atoms with E-state index in [1.54, 1.807) is 0 Å². The van der Waals surface area contributed by atoms with Crippen LogP contribution in [0.5, 0.6) is 0 Å². The number of ketones is 1. The first kappa shape index (κ1) is 14.5. The number of benzene rings is 2. The van der Waals surface area contributed by atoms with Gasteiger partial charge < -0.3 is 5.73 Å². The summed E-state index contributed by atoms with van der Waals surface area (Å²) in [6.07, 6.45) is 0. The average Bonchev–Trinajstić information content (AvgIpc) is 2.46. The standard InChI is InChI=1S/C18H21NO/c1-18(2,3)15-11-9-14(10-12-15)17(20)16(19)13-7-5-4-6-8-13/h4-12,16H,19H2,1-3H3/t16-/m1/s1. The van der Waals surface area contributed by atoms with Gasteiger partial charge >= 0.3 is 0 Å². The van der Waals surface area contributed by atoms with Crippen LogP contribution in [-0.4, -0.2) is 5.78 Å². The molecule has 0 aromatic heterocycles. The fourth-order valence-corrected chi connectivity index (χ4v) is 2.13. The Morgan fingerprint density at radius 2 is 1.50 bits per heavy atom. The summed E-state index contributed by atoms with van der Waals surface area (Å²) < 4.78 is 0. The van der Waals surface area contributed by atoms with Crippen molar-refractivity contribution in [3.8, 4) is 0 Å². The van der Waals surface area contributed by atoms with E-state index in [2.05, 4.69) is 20.8 Å². The summed E-state index contributed by atoms with van der Waals surface area (Å²) in [6, 6.07) is 16.6. The highest BCUT2D eigenvalue weighted by Gasteiger charge is 2.19. The number of carbonyl (C=O) groups is 1. The van der Waals surface area contributed by atoms with Crippen LogP contribution in [0.25, 0.3) is 0 Å². The van der Waals surface area contributed by atoms with Crippen molar-refractivity contribution in [1.82, 2.24) is 0 Å². The molecular formula is C18H21NO. The van der Waals surface area contributed by atoms with Crippen LogP contribution in [0.15, 0.2) is 54.6 Å². The predicted molar refractivity (Wildman–Crippen MR) is 82.8 cm³/mol. The van der Waals surface area contributed by atoms with E-state index in [4.69, 9.17) is 5.73 Å². The number of rotatable bonds is 3. The van der Waals surface area contributed by atoms with Crippen molar-refractivity contribution in [3.63, 3.8) is 0 Å². The van der Waals surface area contributed by atoms with E-state index in [0.717, 1.165) is 5.56 Å². The molecule has 0 bridgehead atoms. The third kappa shape index (κ3) is 3.14. The largest absolute Gasteiger partial charge is 0.318 e. The van der Waals surface area contributed by atoms with Crippen molar-refractivity contribution < 1.29 is 4.79 Å². The fourth-order valence-electron chi connectivity index (χ4n) is 2.13. The Hall–Kier alpha value is -1.93. The molecule has 2 aromatic carbocycles. The van der Waals surface area contributed by atoms with Crippen LogP contribution in [0.4, 0.5) is 0 Å². The van der Waals surface area contributed by atoms with Gasteiger partial charge in [0.05, 0.1) is 6.04 Å². The molecule has 0 heterocycles. The van der Waals surface area contributed by atoms with Crippen molar-refractivity contribution in [3.05, 3.63) is 71.3 Å². The van der Waals surface area contributed by atoms with E-state index in [-0.39, 0.29) is 11.2 Å². The molecule has 2 heteroatoms. The number of Topliss-reactive ketones (excluding diaryl/α,β-unsaturated/α-hetero) is 1. The molecule has 0 amide bonds. The molecule has 0 spiro atoms. The van der Waals surface area contributed by atoms with Gasteiger partial charge in [-0.05, 0) is 16.5 Å². The van der Waals surface area contributed by atoms with Gasteiger partial charge in [0.2, 0.25) is 0 Å². The lowest BCUT2D eigenvalue weighted by molar-refractivity contribution is 0.0961. The smallest absolute Gasteiger partial charge is 0.184 e. The van der Waals surface area contributed by atoms with Gasteiger partial charge in [-0.15, -0.1) is 0 Å². The van der Waals surface area contributed by atoms with Gasteiger partial charge in [0.1, 0.15) is 0 Å². The van der Waals surface area contributed by atoms with Crippen LogP contribution in [-0.2, 0) is 5.41 Å². The molecule has 104 valence electrons. The van der Waals surface area contributed by atoms with E-state index in [1.165, 1.54) is 5.56 Å². The maximum atomic E-state index is 12.4. The highest BCUT2D eigenvalue weighted by atomic mass is 16.1. The maximum Gasteiger partial charge on any atom is 0.184 e. The second kappa shape index (κ2) is 5.59. The summed E-state index contributed by atoms with van der Waals surface area (Å²) >= 11 is 0. The van der Waals surface area contributed by atoms with Crippen LogP contribution in [0.3, 0.4) is 0 Å². The molecule has 1 atom stereocenters. The molecule has 0 saturated heterocycles. The number of carbonyl (C=O) groups excluding carboxylic acids is 1. The van der Waals surface area contributed by atoms with Gasteiger partial charge in [-0.2, -0.15) is 0 Å². The van der Waals surface area contributed by atoms with Crippen LogP contribution >= 0.6 is 0 Å². The highest BCUT2D eigenvalue weighted by molar-refractivity contribution is 6.00. The Bertz CT molecular complexity index is 579. The minimum absolute atomic E-state index is 0.0448. The molecule has 0 saturated carbocycles. The Kier molecular flexibility index (Phi) is 4.05. The van der Waals surface area contributed by atoms with Gasteiger partial charge in [0.25, 0.3) is 0 Å². The van der Waals surface area contributed by atoms with Crippen molar-refractivity contribution >= 4 is 5.78 Å². The highest BCUT2D eigenvalue weighted by Crippen LogP contribution is 2.23. The van der Waals surface area contributed by atoms with E-state index in [1.807, 2.05) is 54.6 Å². The Morgan fingerprint density at radius 3 is 2.00 bits per heavy atom. The first-order valence-electron chi connectivity index (χ1n) is 6.85. The third-order valence-electron chi connectivity index (χ3n) is 3.48. The van der Waals surface area contributed by atoms with Gasteiger partial charge in [-0.1, -0.05) is 75.4 Å². The lowest BCUT2D eigenvalue weighted by Crippen LogP contribution is -2.21. The molecule has 2 nitrogen and oxygen atoms in total. The summed E-state index contributed by atoms with van der Waals surface area (Å²) in [4.78, 5) is 12.4. The Balaban J connectivity index is 2.22. The molecule has 0 aliphatic carbocycles. The summed E-state index contributed by atoms with van der Waals surface area (Å²) in [5.41, 5.74) is 8.85. The maximum absolute atomic E-state index is 12.4. The average molecular weight is 267 g/mol. The summed E-state index contributed by atoms with van der Waals surface area (Å²) in [5, 5.41) is 0. The Morgan fingerprint density at radius 1 is 0.950 bits per heavy atom. The zero-order chi connectivity index (χ0) is 14.8. The predicted octanol–water partition coefficient (Wildman–Crippen LogP) is 3.87. The molecule has 0 radical (unpaired) electrons. The van der Waals surface area contributed by atoms with Crippen molar-refractivity contribution in [1.29, 1.82) is 0 Å². The number of hydrogen-bond donors (Lipinski definition) is 1. The van der Waals surface area contributed by atoms with Crippen LogP contribution in [0.2, 0.25) is 0 Å². The molecule has 0 unspecified atom stereocenters. The first-order chi connectivity index (χ1) is 9.39. The second-order valence-electron chi connectivity index (χ2n) is 6.08. The SMILES string of the molecule is CC(C)(C)c1ccc(C(=O)[C@H](N)c2ccccc2)cc1. The van der Waals surface area contributed by atoms with Crippen LogP contribution < -0.4 is 5.73 Å². The minimum atomic E-state index is -0.600. The van der Waals surface area contributed by atoms with Gasteiger partial charge in [0, 0.05) is 5.56 Å². The van der Waals surface area contributed by atoms with E-state index in [9.17, 15) is 4.79 Å². The molecular weight excluding hydrogens is 246 g/mol. The number of hydrogen-bond acceptors (Lipinski definition) is 2. The van der Waals surface area contributed by atoms with E-state index in [0.29, 0.717) is 5.56 Å². The zero-order valence-corrected chi connectivity index (χ0v) is 12.3. The normalized spacial score (nSPS) is 13.0. The first-order valence-corrected chi connectivity index (χ1v) is 6.85. The van der Waals surface area contributed by atoms with Gasteiger partial charge in [-0.3, -0.25) is 4.79 Å².